The fraction of sp³-hybridized carbons (Fsp3) is 0.476. The van der Waals surface area contributed by atoms with Gasteiger partial charge in [0.25, 0.3) is 0 Å². The number of rotatable bonds is 2. The second-order valence-electron chi connectivity index (χ2n) is 8.35. The minimum Gasteiger partial charge on any atom is -0.444 e. The standard InChI is InChI=1S/C15H20F3N3O2.C6H3ClF3N/c1-14(2,3)23-13(22)20-11-6-7-21(9-11)12-5-4-10(8-19-12)15(16,17)18;7-5-2-1-4(3-11-5)6(8,9)10/h4-5,8,11H,6-7,9H2,1-3H3,(H,20,22);1-3H/t11-;/m1./s1. The van der Waals surface area contributed by atoms with Crippen molar-refractivity contribution in [3.8, 4) is 0 Å². The molecule has 1 aliphatic heterocycles. The first-order chi connectivity index (χ1) is 15.5. The summed E-state index contributed by atoms with van der Waals surface area (Å²) in [5, 5.41) is 2.81. The molecule has 1 fully saturated rings. The highest BCUT2D eigenvalue weighted by Crippen LogP contribution is 2.30. The van der Waals surface area contributed by atoms with E-state index in [1.54, 1.807) is 20.8 Å². The Labute approximate surface area is 197 Å². The number of alkyl halides is 6. The van der Waals surface area contributed by atoms with E-state index in [0.29, 0.717) is 31.5 Å². The molecule has 0 aliphatic carbocycles. The molecule has 1 amide bonds. The van der Waals surface area contributed by atoms with Crippen molar-refractivity contribution in [2.24, 2.45) is 0 Å². The minimum absolute atomic E-state index is 0.0537. The lowest BCUT2D eigenvalue weighted by Gasteiger charge is -2.22. The molecule has 3 heterocycles. The molecule has 2 aromatic rings. The molecule has 13 heteroatoms. The predicted octanol–water partition coefficient (Wildman–Crippen LogP) is 5.96. The second kappa shape index (κ2) is 10.7. The normalized spacial score (nSPS) is 16.5. The topological polar surface area (TPSA) is 67.3 Å². The molecule has 6 nitrogen and oxygen atoms in total. The van der Waals surface area contributed by atoms with Gasteiger partial charge in [-0.2, -0.15) is 26.3 Å². The summed E-state index contributed by atoms with van der Waals surface area (Å²) in [4.78, 5) is 20.7. The van der Waals surface area contributed by atoms with Crippen LogP contribution in [-0.4, -0.2) is 40.8 Å². The van der Waals surface area contributed by atoms with Crippen LogP contribution in [0.15, 0.2) is 36.7 Å². The van der Waals surface area contributed by atoms with Gasteiger partial charge in [-0.1, -0.05) is 11.6 Å². The summed E-state index contributed by atoms with van der Waals surface area (Å²) < 4.78 is 78.3. The van der Waals surface area contributed by atoms with Gasteiger partial charge in [-0.05, 0) is 51.5 Å². The van der Waals surface area contributed by atoms with Gasteiger partial charge in [-0.15, -0.1) is 0 Å². The number of nitrogens with zero attached hydrogens (tertiary/aromatic N) is 3. The molecule has 1 atom stereocenters. The average molecular weight is 513 g/mol. The zero-order valence-corrected chi connectivity index (χ0v) is 19.2. The molecule has 0 saturated carbocycles. The van der Waals surface area contributed by atoms with Crippen LogP contribution in [0.5, 0.6) is 0 Å². The average Bonchev–Trinajstić information content (AvgIpc) is 3.14. The van der Waals surface area contributed by atoms with Gasteiger partial charge < -0.3 is 15.0 Å². The summed E-state index contributed by atoms with van der Waals surface area (Å²) >= 11 is 5.28. The lowest BCUT2D eigenvalue weighted by molar-refractivity contribution is -0.138. The van der Waals surface area contributed by atoms with E-state index in [1.807, 2.05) is 4.90 Å². The number of hydrogen-bond acceptors (Lipinski definition) is 5. The first kappa shape index (κ1) is 27.5. The zero-order chi connectivity index (χ0) is 25.7. The number of nitrogens with one attached hydrogen (secondary N) is 1. The number of anilines is 1. The van der Waals surface area contributed by atoms with Crippen LogP contribution in [0.4, 0.5) is 37.0 Å². The van der Waals surface area contributed by atoms with Crippen molar-refractivity contribution in [2.75, 3.05) is 18.0 Å². The van der Waals surface area contributed by atoms with Crippen molar-refractivity contribution < 1.29 is 35.9 Å². The Morgan fingerprint density at radius 3 is 2.00 bits per heavy atom. The first-order valence-electron chi connectivity index (χ1n) is 10.0. The van der Waals surface area contributed by atoms with Crippen molar-refractivity contribution >= 4 is 23.5 Å². The maximum atomic E-state index is 12.5. The highest BCUT2D eigenvalue weighted by Gasteiger charge is 2.32. The quantitative estimate of drug-likeness (QED) is 0.397. The first-order valence-corrected chi connectivity index (χ1v) is 10.4. The number of carbonyl (C=O) groups excluding carboxylic acids is 1. The molecule has 0 aromatic carbocycles. The Balaban J connectivity index is 0.000000310. The second-order valence-corrected chi connectivity index (χ2v) is 8.74. The van der Waals surface area contributed by atoms with Crippen LogP contribution in [0, 0.1) is 0 Å². The van der Waals surface area contributed by atoms with Gasteiger partial charge in [-0.25, -0.2) is 14.8 Å². The van der Waals surface area contributed by atoms with Crippen LogP contribution in [0.25, 0.3) is 0 Å². The van der Waals surface area contributed by atoms with Gasteiger partial charge in [-0.3, -0.25) is 0 Å². The predicted molar refractivity (Wildman–Crippen MR) is 113 cm³/mol. The molecular weight excluding hydrogens is 490 g/mol. The van der Waals surface area contributed by atoms with Gasteiger partial charge in [0, 0.05) is 25.5 Å². The SMILES string of the molecule is CC(C)(C)OC(=O)N[C@@H]1CCN(c2ccc(C(F)(F)F)cn2)C1.FC(F)(F)c1ccc(Cl)nc1. The van der Waals surface area contributed by atoms with Crippen molar-refractivity contribution in [1.29, 1.82) is 0 Å². The van der Waals surface area contributed by atoms with Crippen LogP contribution in [0.2, 0.25) is 5.15 Å². The minimum atomic E-state index is -4.39. The molecule has 1 saturated heterocycles. The maximum absolute atomic E-state index is 12.5. The van der Waals surface area contributed by atoms with Crippen LogP contribution in [0.1, 0.15) is 38.3 Å². The van der Waals surface area contributed by atoms with E-state index in [4.69, 9.17) is 16.3 Å². The molecule has 0 unspecified atom stereocenters. The Kier molecular flexibility index (Phi) is 8.62. The lowest BCUT2D eigenvalue weighted by Crippen LogP contribution is -2.40. The fourth-order valence-corrected chi connectivity index (χ4v) is 2.96. The van der Waals surface area contributed by atoms with E-state index in [0.717, 1.165) is 24.4 Å². The maximum Gasteiger partial charge on any atom is 0.417 e. The fourth-order valence-electron chi connectivity index (χ4n) is 2.84. The van der Waals surface area contributed by atoms with Crippen LogP contribution in [-0.2, 0) is 17.1 Å². The molecule has 0 spiro atoms. The summed E-state index contributed by atoms with van der Waals surface area (Å²) in [6, 6.07) is 4.23. The third kappa shape index (κ3) is 8.88. The van der Waals surface area contributed by atoms with Crippen molar-refractivity contribution in [3.05, 3.63) is 52.9 Å². The van der Waals surface area contributed by atoms with Crippen molar-refractivity contribution in [2.45, 2.75) is 51.2 Å². The van der Waals surface area contributed by atoms with Gasteiger partial charge >= 0.3 is 18.4 Å². The molecule has 0 bridgehead atoms. The largest absolute Gasteiger partial charge is 0.444 e. The smallest absolute Gasteiger partial charge is 0.417 e. The Morgan fingerprint density at radius 2 is 1.56 bits per heavy atom. The van der Waals surface area contributed by atoms with Crippen LogP contribution >= 0.6 is 11.6 Å². The van der Waals surface area contributed by atoms with E-state index >= 15 is 0 Å². The number of aromatic nitrogens is 2. The Bertz CT molecular complexity index is 944. The Hall–Kier alpha value is -2.76. The molecule has 188 valence electrons. The van der Waals surface area contributed by atoms with E-state index in [1.165, 1.54) is 6.07 Å². The third-order valence-electron chi connectivity index (χ3n) is 4.36. The summed E-state index contributed by atoms with van der Waals surface area (Å²) in [6.45, 7) is 6.43. The number of halogens is 7. The zero-order valence-electron chi connectivity index (χ0n) is 18.5. The molecule has 2 aromatic heterocycles. The van der Waals surface area contributed by atoms with Crippen LogP contribution in [0.3, 0.4) is 0 Å². The number of carbonyl (C=O) groups is 1. The molecule has 3 rings (SSSR count). The van der Waals surface area contributed by atoms with Gasteiger partial charge in [0.15, 0.2) is 0 Å². The summed E-state index contributed by atoms with van der Waals surface area (Å²) in [5.74, 6) is 0.464. The molecule has 1 N–H and O–H groups in total. The monoisotopic (exact) mass is 512 g/mol. The highest BCUT2D eigenvalue weighted by atomic mass is 35.5. The number of ether oxygens (including phenoxy) is 1. The molecule has 34 heavy (non-hydrogen) atoms. The van der Waals surface area contributed by atoms with Crippen molar-refractivity contribution in [1.82, 2.24) is 15.3 Å². The van der Waals surface area contributed by atoms with E-state index in [2.05, 4.69) is 15.3 Å². The van der Waals surface area contributed by atoms with Crippen molar-refractivity contribution in [3.63, 3.8) is 0 Å². The van der Waals surface area contributed by atoms with Gasteiger partial charge in [0.2, 0.25) is 0 Å². The lowest BCUT2D eigenvalue weighted by atomic mass is 10.2. The molecule has 0 radical (unpaired) electrons. The number of hydrogen-bond donors (Lipinski definition) is 1. The number of alkyl carbamates (subject to hydrolysis) is 1. The summed E-state index contributed by atoms with van der Waals surface area (Å²) in [6.07, 6.45) is -7.02. The van der Waals surface area contributed by atoms with Gasteiger partial charge in [0.1, 0.15) is 16.6 Å². The third-order valence-corrected chi connectivity index (χ3v) is 4.59. The highest BCUT2D eigenvalue weighted by molar-refractivity contribution is 6.29. The Morgan fingerprint density at radius 1 is 1.00 bits per heavy atom. The van der Waals surface area contributed by atoms with E-state index in [9.17, 15) is 31.1 Å². The van der Waals surface area contributed by atoms with Gasteiger partial charge in [0.05, 0.1) is 17.2 Å². The number of amides is 1. The molecule has 1 aliphatic rings. The van der Waals surface area contributed by atoms with Crippen LogP contribution < -0.4 is 10.2 Å². The summed E-state index contributed by atoms with van der Waals surface area (Å²) in [5.41, 5.74) is -2.14. The summed E-state index contributed by atoms with van der Waals surface area (Å²) in [7, 11) is 0. The van der Waals surface area contributed by atoms with E-state index in [-0.39, 0.29) is 11.2 Å². The number of pyridine rings is 2. The van der Waals surface area contributed by atoms with E-state index < -0.39 is 35.2 Å². The molecular formula is C21H23ClF6N4O2.